The van der Waals surface area contributed by atoms with Crippen LogP contribution in [0, 0.1) is 0 Å². The quantitative estimate of drug-likeness (QED) is 0.260. The highest BCUT2D eigenvalue weighted by atomic mass is 127. The maximum Gasteiger partial charge on any atom is 0.193 e. The summed E-state index contributed by atoms with van der Waals surface area (Å²) >= 11 is 0. The van der Waals surface area contributed by atoms with Crippen LogP contribution in [0.3, 0.4) is 0 Å². The van der Waals surface area contributed by atoms with Crippen LogP contribution >= 0.6 is 24.0 Å². The van der Waals surface area contributed by atoms with E-state index in [0.717, 1.165) is 43.4 Å². The summed E-state index contributed by atoms with van der Waals surface area (Å²) in [5.41, 5.74) is 3.56. The zero-order valence-electron chi connectivity index (χ0n) is 17.1. The average Bonchev–Trinajstić information content (AvgIpc) is 2.99. The van der Waals surface area contributed by atoms with E-state index in [2.05, 4.69) is 64.8 Å². The van der Waals surface area contributed by atoms with E-state index in [1.807, 2.05) is 37.0 Å². The SMILES string of the molecule is CN=C(NCCCNc1ccccc1)N(C)Cc1cn(C)nc1C(C)C.I. The molecule has 0 radical (unpaired) electrons. The van der Waals surface area contributed by atoms with Gasteiger partial charge in [0.05, 0.1) is 5.69 Å². The van der Waals surface area contributed by atoms with Gasteiger partial charge in [-0.05, 0) is 24.5 Å². The van der Waals surface area contributed by atoms with Gasteiger partial charge in [0.15, 0.2) is 5.96 Å². The van der Waals surface area contributed by atoms with E-state index >= 15 is 0 Å². The first-order chi connectivity index (χ1) is 12.5. The molecule has 2 aromatic rings. The minimum atomic E-state index is 0. The number of aliphatic imine (C=N–C) groups is 1. The Kier molecular flexibility index (Phi) is 10.2. The second kappa shape index (κ2) is 11.8. The van der Waals surface area contributed by atoms with Gasteiger partial charge < -0.3 is 15.5 Å². The summed E-state index contributed by atoms with van der Waals surface area (Å²) in [6, 6.07) is 10.3. The van der Waals surface area contributed by atoms with Crippen molar-refractivity contribution in [2.75, 3.05) is 32.5 Å². The molecule has 2 rings (SSSR count). The van der Waals surface area contributed by atoms with Crippen molar-refractivity contribution in [3.63, 3.8) is 0 Å². The second-order valence-electron chi connectivity index (χ2n) is 6.84. The van der Waals surface area contributed by atoms with Crippen molar-refractivity contribution < 1.29 is 0 Å². The number of guanidine groups is 1. The first kappa shape index (κ1) is 23.3. The number of halogens is 1. The Balaban J connectivity index is 0.00000364. The van der Waals surface area contributed by atoms with Crippen LogP contribution in [-0.4, -0.2) is 47.8 Å². The summed E-state index contributed by atoms with van der Waals surface area (Å²) in [7, 11) is 5.87. The van der Waals surface area contributed by atoms with E-state index in [1.165, 1.54) is 5.56 Å². The summed E-state index contributed by atoms with van der Waals surface area (Å²) in [4.78, 5) is 6.55. The van der Waals surface area contributed by atoms with E-state index in [9.17, 15) is 0 Å². The van der Waals surface area contributed by atoms with Crippen LogP contribution in [0.5, 0.6) is 0 Å². The summed E-state index contributed by atoms with van der Waals surface area (Å²) < 4.78 is 1.89. The molecule has 0 atom stereocenters. The fraction of sp³-hybridized carbons (Fsp3) is 0.500. The standard InChI is InChI=1S/C20H32N6.HI/c1-16(2)19-17(15-26(5)24-19)14-25(4)20(21-3)23-13-9-12-22-18-10-7-6-8-11-18;/h6-8,10-11,15-16,22H,9,12-14H2,1-5H3,(H,21,23);1H. The molecular formula is C20H33IN6. The third-order valence-electron chi connectivity index (χ3n) is 4.20. The molecule has 1 aromatic heterocycles. The molecule has 0 aliphatic carbocycles. The van der Waals surface area contributed by atoms with E-state index in [0.29, 0.717) is 5.92 Å². The number of nitrogens with one attached hydrogen (secondary N) is 2. The molecule has 27 heavy (non-hydrogen) atoms. The zero-order chi connectivity index (χ0) is 18.9. The van der Waals surface area contributed by atoms with Gasteiger partial charge in [0.2, 0.25) is 0 Å². The summed E-state index contributed by atoms with van der Waals surface area (Å²) in [6.45, 7) is 6.96. The first-order valence-electron chi connectivity index (χ1n) is 9.24. The van der Waals surface area contributed by atoms with Gasteiger partial charge in [-0.3, -0.25) is 9.67 Å². The van der Waals surface area contributed by atoms with E-state index < -0.39 is 0 Å². The largest absolute Gasteiger partial charge is 0.385 e. The van der Waals surface area contributed by atoms with Crippen molar-refractivity contribution in [3.8, 4) is 0 Å². The van der Waals surface area contributed by atoms with Gasteiger partial charge in [0.25, 0.3) is 0 Å². The van der Waals surface area contributed by atoms with Crippen molar-refractivity contribution in [3.05, 3.63) is 47.8 Å². The van der Waals surface area contributed by atoms with Crippen LogP contribution < -0.4 is 10.6 Å². The molecule has 0 spiro atoms. The van der Waals surface area contributed by atoms with Crippen molar-refractivity contribution >= 4 is 35.6 Å². The average molecular weight is 484 g/mol. The summed E-state index contributed by atoms with van der Waals surface area (Å²) in [5, 5.41) is 11.4. The van der Waals surface area contributed by atoms with E-state index in [4.69, 9.17) is 0 Å². The molecule has 7 heteroatoms. The Morgan fingerprint density at radius 3 is 2.56 bits per heavy atom. The van der Waals surface area contributed by atoms with Gasteiger partial charge in [-0.1, -0.05) is 32.0 Å². The third-order valence-corrected chi connectivity index (χ3v) is 4.20. The molecule has 0 unspecified atom stereocenters. The van der Waals surface area contributed by atoms with Gasteiger partial charge in [0, 0.05) is 58.2 Å². The highest BCUT2D eigenvalue weighted by Crippen LogP contribution is 2.18. The van der Waals surface area contributed by atoms with Crippen LogP contribution in [0.2, 0.25) is 0 Å². The molecule has 0 saturated carbocycles. The summed E-state index contributed by atoms with van der Waals surface area (Å²) in [6.07, 6.45) is 3.12. The normalized spacial score (nSPS) is 11.3. The van der Waals surface area contributed by atoms with Crippen LogP contribution in [0.4, 0.5) is 5.69 Å². The van der Waals surface area contributed by atoms with Gasteiger partial charge >= 0.3 is 0 Å². The van der Waals surface area contributed by atoms with Crippen LogP contribution in [-0.2, 0) is 13.6 Å². The number of para-hydroxylation sites is 1. The van der Waals surface area contributed by atoms with Crippen molar-refractivity contribution in [1.82, 2.24) is 20.0 Å². The topological polar surface area (TPSA) is 57.5 Å². The molecule has 1 aromatic carbocycles. The van der Waals surface area contributed by atoms with Crippen LogP contribution in [0.1, 0.15) is 37.4 Å². The fourth-order valence-electron chi connectivity index (χ4n) is 2.96. The lowest BCUT2D eigenvalue weighted by Gasteiger charge is -2.22. The Morgan fingerprint density at radius 2 is 1.93 bits per heavy atom. The minimum Gasteiger partial charge on any atom is -0.385 e. The lowest BCUT2D eigenvalue weighted by molar-refractivity contribution is 0.473. The Labute approximate surface area is 180 Å². The van der Waals surface area contributed by atoms with E-state index in [1.54, 1.807) is 0 Å². The third kappa shape index (κ3) is 7.40. The molecule has 0 aliphatic heterocycles. The lowest BCUT2D eigenvalue weighted by Crippen LogP contribution is -2.39. The van der Waals surface area contributed by atoms with Gasteiger partial charge in [0.1, 0.15) is 0 Å². The lowest BCUT2D eigenvalue weighted by atomic mass is 10.1. The fourth-order valence-corrected chi connectivity index (χ4v) is 2.96. The number of hydrogen-bond donors (Lipinski definition) is 2. The van der Waals surface area contributed by atoms with Gasteiger partial charge in [-0.15, -0.1) is 24.0 Å². The number of hydrogen-bond acceptors (Lipinski definition) is 3. The molecule has 1 heterocycles. The summed E-state index contributed by atoms with van der Waals surface area (Å²) in [5.74, 6) is 1.32. The molecule has 6 nitrogen and oxygen atoms in total. The number of aromatic nitrogens is 2. The van der Waals surface area contributed by atoms with Crippen molar-refractivity contribution in [2.45, 2.75) is 32.7 Å². The monoisotopic (exact) mass is 484 g/mol. The maximum atomic E-state index is 4.59. The highest BCUT2D eigenvalue weighted by molar-refractivity contribution is 14.0. The molecular weight excluding hydrogens is 451 g/mol. The smallest absolute Gasteiger partial charge is 0.193 e. The molecule has 0 fully saturated rings. The maximum absolute atomic E-state index is 4.59. The van der Waals surface area contributed by atoms with Crippen molar-refractivity contribution in [2.24, 2.45) is 12.0 Å². The molecule has 0 bridgehead atoms. The van der Waals surface area contributed by atoms with E-state index in [-0.39, 0.29) is 24.0 Å². The molecule has 0 amide bonds. The Bertz CT molecular complexity index is 696. The highest BCUT2D eigenvalue weighted by Gasteiger charge is 2.14. The molecule has 0 aliphatic rings. The first-order valence-corrected chi connectivity index (χ1v) is 9.24. The predicted octanol–water partition coefficient (Wildman–Crippen LogP) is 3.67. The molecule has 150 valence electrons. The van der Waals surface area contributed by atoms with Crippen molar-refractivity contribution in [1.29, 1.82) is 0 Å². The zero-order valence-corrected chi connectivity index (χ0v) is 19.4. The Morgan fingerprint density at radius 1 is 1.22 bits per heavy atom. The van der Waals surface area contributed by atoms with Gasteiger partial charge in [-0.25, -0.2) is 0 Å². The number of benzene rings is 1. The van der Waals surface area contributed by atoms with Crippen LogP contribution in [0.25, 0.3) is 0 Å². The molecule has 0 saturated heterocycles. The van der Waals surface area contributed by atoms with Gasteiger partial charge in [-0.2, -0.15) is 5.10 Å². The number of aryl methyl sites for hydroxylation is 1. The minimum absolute atomic E-state index is 0. The number of anilines is 1. The van der Waals surface area contributed by atoms with Crippen LogP contribution in [0.15, 0.2) is 41.5 Å². The molecule has 2 N–H and O–H groups in total. The number of nitrogens with zero attached hydrogens (tertiary/aromatic N) is 4. The second-order valence-corrected chi connectivity index (χ2v) is 6.84. The number of rotatable bonds is 8. The Hall–Kier alpha value is -1.77. The predicted molar refractivity (Wildman–Crippen MR) is 125 cm³/mol.